The summed E-state index contributed by atoms with van der Waals surface area (Å²) in [5.74, 6) is 1.28. The maximum atomic E-state index is 12.6. The Labute approximate surface area is 171 Å². The van der Waals surface area contributed by atoms with Crippen molar-refractivity contribution in [3.63, 3.8) is 0 Å². The third-order valence-electron chi connectivity index (χ3n) is 4.26. The number of carbonyl (C=O) groups is 1. The van der Waals surface area contributed by atoms with Gasteiger partial charge in [-0.05, 0) is 29.1 Å². The van der Waals surface area contributed by atoms with Crippen LogP contribution in [0.4, 0.5) is 5.69 Å². The van der Waals surface area contributed by atoms with Gasteiger partial charge in [0.1, 0.15) is 15.7 Å². The van der Waals surface area contributed by atoms with Crippen LogP contribution in [0.1, 0.15) is 40.8 Å². The quantitative estimate of drug-likeness (QED) is 0.459. The summed E-state index contributed by atoms with van der Waals surface area (Å²) in [6.07, 6.45) is 5.46. The minimum atomic E-state index is -0.136. The Bertz CT molecular complexity index is 1080. The van der Waals surface area contributed by atoms with E-state index in [-0.39, 0.29) is 5.91 Å². The molecule has 7 heteroatoms. The highest BCUT2D eigenvalue weighted by Gasteiger charge is 2.13. The number of hydrogen-bond donors (Lipinski definition) is 1. The highest BCUT2D eigenvalue weighted by Crippen LogP contribution is 2.29. The molecule has 0 bridgehead atoms. The average molecular weight is 409 g/mol. The van der Waals surface area contributed by atoms with Gasteiger partial charge in [-0.15, -0.1) is 22.7 Å². The van der Waals surface area contributed by atoms with Gasteiger partial charge in [-0.25, -0.2) is 9.97 Å². The van der Waals surface area contributed by atoms with Gasteiger partial charge in [0.15, 0.2) is 0 Å². The Morgan fingerprint density at radius 3 is 2.89 bits per heavy atom. The molecule has 4 rings (SSSR count). The molecular formula is C21H20N4OS2. The zero-order valence-corrected chi connectivity index (χ0v) is 17.3. The van der Waals surface area contributed by atoms with Crippen molar-refractivity contribution in [1.82, 2.24) is 14.5 Å². The van der Waals surface area contributed by atoms with Crippen LogP contribution in [-0.2, 0) is 6.54 Å². The molecule has 3 heterocycles. The van der Waals surface area contributed by atoms with Crippen molar-refractivity contribution in [3.05, 3.63) is 76.6 Å². The number of amides is 1. The lowest BCUT2D eigenvalue weighted by molar-refractivity contribution is 0.103. The Hall–Kier alpha value is -2.77. The van der Waals surface area contributed by atoms with Crippen LogP contribution in [0.5, 0.6) is 0 Å². The van der Waals surface area contributed by atoms with E-state index in [0.29, 0.717) is 10.8 Å². The molecule has 0 saturated heterocycles. The van der Waals surface area contributed by atoms with Crippen molar-refractivity contribution >= 4 is 34.3 Å². The smallest absolute Gasteiger partial charge is 0.267 e. The first-order valence-corrected chi connectivity index (χ1v) is 10.7. The predicted octanol–water partition coefficient (Wildman–Crippen LogP) is 5.49. The molecule has 4 aromatic rings. The maximum Gasteiger partial charge on any atom is 0.267 e. The second-order valence-corrected chi connectivity index (χ2v) is 8.71. The van der Waals surface area contributed by atoms with Gasteiger partial charge in [0, 0.05) is 30.5 Å². The van der Waals surface area contributed by atoms with Gasteiger partial charge in [-0.3, -0.25) is 4.79 Å². The lowest BCUT2D eigenvalue weighted by Gasteiger charge is -2.11. The number of thiophene rings is 1. The fraction of sp³-hybridized carbons (Fsp3) is 0.190. The van der Waals surface area contributed by atoms with Gasteiger partial charge in [-0.2, -0.15) is 0 Å². The minimum Gasteiger partial charge on any atom is -0.330 e. The number of benzene rings is 1. The fourth-order valence-electron chi connectivity index (χ4n) is 2.99. The van der Waals surface area contributed by atoms with E-state index >= 15 is 0 Å². The molecule has 0 aliphatic rings. The van der Waals surface area contributed by atoms with Crippen molar-refractivity contribution in [1.29, 1.82) is 0 Å². The molecule has 1 amide bonds. The first-order chi connectivity index (χ1) is 13.6. The van der Waals surface area contributed by atoms with E-state index in [1.165, 1.54) is 11.3 Å². The molecule has 0 atom stereocenters. The number of carbonyl (C=O) groups excluding carboxylic acids is 1. The van der Waals surface area contributed by atoms with E-state index in [9.17, 15) is 4.79 Å². The van der Waals surface area contributed by atoms with Crippen molar-refractivity contribution < 1.29 is 4.79 Å². The van der Waals surface area contributed by atoms with Gasteiger partial charge < -0.3 is 9.88 Å². The molecule has 28 heavy (non-hydrogen) atoms. The summed E-state index contributed by atoms with van der Waals surface area (Å²) in [7, 11) is 0. The lowest BCUT2D eigenvalue weighted by Crippen LogP contribution is -2.11. The second-order valence-electron chi connectivity index (χ2n) is 6.73. The van der Waals surface area contributed by atoms with E-state index in [1.807, 2.05) is 48.1 Å². The minimum absolute atomic E-state index is 0.136. The zero-order chi connectivity index (χ0) is 19.5. The van der Waals surface area contributed by atoms with E-state index in [2.05, 4.69) is 39.8 Å². The first-order valence-electron chi connectivity index (χ1n) is 9.01. The SMILES string of the molecule is CC(C)c1nccn1Cc1cccc(NC(=O)c2cnc(-c3cccs3)s2)c1. The molecule has 1 aromatic carbocycles. The number of imidazole rings is 1. The normalized spacial score (nSPS) is 11.1. The lowest BCUT2D eigenvalue weighted by atomic mass is 10.1. The highest BCUT2D eigenvalue weighted by molar-refractivity contribution is 7.22. The summed E-state index contributed by atoms with van der Waals surface area (Å²) in [6.45, 7) is 4.99. The summed E-state index contributed by atoms with van der Waals surface area (Å²) in [6, 6.07) is 11.9. The molecule has 0 saturated carbocycles. The number of hydrogen-bond acceptors (Lipinski definition) is 5. The number of nitrogens with zero attached hydrogens (tertiary/aromatic N) is 3. The second kappa shape index (κ2) is 8.08. The molecule has 5 nitrogen and oxygen atoms in total. The number of nitrogens with one attached hydrogen (secondary N) is 1. The van der Waals surface area contributed by atoms with Crippen molar-refractivity contribution in [3.8, 4) is 9.88 Å². The van der Waals surface area contributed by atoms with Crippen LogP contribution in [0.2, 0.25) is 0 Å². The number of thiazole rings is 1. The maximum absolute atomic E-state index is 12.6. The molecule has 0 aliphatic heterocycles. The molecule has 0 unspecified atom stereocenters. The van der Waals surface area contributed by atoms with Crippen LogP contribution in [0, 0.1) is 0 Å². The van der Waals surface area contributed by atoms with Crippen LogP contribution in [-0.4, -0.2) is 20.4 Å². The van der Waals surface area contributed by atoms with E-state index in [1.54, 1.807) is 17.5 Å². The van der Waals surface area contributed by atoms with Gasteiger partial charge in [0.2, 0.25) is 0 Å². The first kappa shape index (κ1) is 18.6. The zero-order valence-electron chi connectivity index (χ0n) is 15.6. The fourth-order valence-corrected chi connectivity index (χ4v) is 4.60. The van der Waals surface area contributed by atoms with Crippen LogP contribution in [0.15, 0.2) is 60.4 Å². The van der Waals surface area contributed by atoms with Gasteiger partial charge in [0.25, 0.3) is 5.91 Å². The Morgan fingerprint density at radius 2 is 2.11 bits per heavy atom. The Morgan fingerprint density at radius 1 is 1.21 bits per heavy atom. The molecule has 3 aromatic heterocycles. The van der Waals surface area contributed by atoms with E-state index in [0.717, 1.165) is 33.5 Å². The summed E-state index contributed by atoms with van der Waals surface area (Å²) in [5.41, 5.74) is 1.89. The van der Waals surface area contributed by atoms with Crippen LogP contribution in [0.3, 0.4) is 0 Å². The molecule has 0 radical (unpaired) electrons. The molecule has 0 aliphatic carbocycles. The van der Waals surface area contributed by atoms with Crippen molar-refractivity contribution in [2.24, 2.45) is 0 Å². The van der Waals surface area contributed by atoms with Crippen molar-refractivity contribution in [2.45, 2.75) is 26.3 Å². The number of anilines is 1. The van der Waals surface area contributed by atoms with Crippen LogP contribution in [0.25, 0.3) is 9.88 Å². The van der Waals surface area contributed by atoms with Crippen molar-refractivity contribution in [2.75, 3.05) is 5.32 Å². The van der Waals surface area contributed by atoms with E-state index in [4.69, 9.17) is 0 Å². The molecule has 0 fully saturated rings. The van der Waals surface area contributed by atoms with Gasteiger partial charge in [-0.1, -0.05) is 32.0 Å². The molecule has 0 spiro atoms. The standard InChI is InChI=1S/C21H20N4OS2/c1-14(2)19-22-8-9-25(19)13-15-5-3-6-16(11-15)24-20(26)18-12-23-21(28-18)17-7-4-10-27-17/h3-12,14H,13H2,1-2H3,(H,24,26). The summed E-state index contributed by atoms with van der Waals surface area (Å²) in [5, 5.41) is 5.86. The molecule has 142 valence electrons. The predicted molar refractivity (Wildman–Crippen MR) is 115 cm³/mol. The Balaban J connectivity index is 1.47. The number of aromatic nitrogens is 3. The largest absolute Gasteiger partial charge is 0.330 e. The molecular weight excluding hydrogens is 388 g/mol. The van der Waals surface area contributed by atoms with Gasteiger partial charge >= 0.3 is 0 Å². The highest BCUT2D eigenvalue weighted by atomic mass is 32.1. The van der Waals surface area contributed by atoms with Crippen LogP contribution >= 0.6 is 22.7 Å². The summed E-state index contributed by atoms with van der Waals surface area (Å²) in [4.78, 5) is 23.1. The summed E-state index contributed by atoms with van der Waals surface area (Å²) < 4.78 is 2.14. The third-order valence-corrected chi connectivity index (χ3v) is 6.30. The summed E-state index contributed by atoms with van der Waals surface area (Å²) >= 11 is 3.03. The topological polar surface area (TPSA) is 59.8 Å². The van der Waals surface area contributed by atoms with Gasteiger partial charge in [0.05, 0.1) is 11.1 Å². The van der Waals surface area contributed by atoms with E-state index < -0.39 is 0 Å². The average Bonchev–Trinajstić information content (AvgIpc) is 3.42. The third kappa shape index (κ3) is 4.05. The molecule has 1 N–H and O–H groups in total. The number of rotatable bonds is 6. The van der Waals surface area contributed by atoms with Crippen LogP contribution < -0.4 is 5.32 Å². The Kier molecular flexibility index (Phi) is 5.36. The monoisotopic (exact) mass is 408 g/mol.